The van der Waals surface area contributed by atoms with Gasteiger partial charge < -0.3 is 9.73 Å². The van der Waals surface area contributed by atoms with Crippen LogP contribution in [-0.4, -0.2) is 10.9 Å². The molecule has 0 spiro atoms. The van der Waals surface area contributed by atoms with Gasteiger partial charge in [-0.05, 0) is 41.5 Å². The van der Waals surface area contributed by atoms with Gasteiger partial charge in [0, 0.05) is 23.2 Å². The van der Waals surface area contributed by atoms with Crippen molar-refractivity contribution in [3.8, 4) is 0 Å². The summed E-state index contributed by atoms with van der Waals surface area (Å²) in [7, 11) is 0. The smallest absolute Gasteiger partial charge is 0.248 e. The summed E-state index contributed by atoms with van der Waals surface area (Å²) in [6, 6.07) is 20.5. The zero-order valence-corrected chi connectivity index (χ0v) is 16.7. The molecule has 0 saturated carbocycles. The van der Waals surface area contributed by atoms with E-state index in [9.17, 15) is 4.79 Å². The first-order valence-corrected chi connectivity index (χ1v) is 9.70. The van der Waals surface area contributed by atoms with Gasteiger partial charge in [0.15, 0.2) is 11.5 Å². The summed E-state index contributed by atoms with van der Waals surface area (Å²) in [4.78, 5) is 16.5. The number of benzene rings is 3. The van der Waals surface area contributed by atoms with Crippen molar-refractivity contribution < 1.29 is 9.21 Å². The Labute approximate surface area is 177 Å². The third kappa shape index (κ3) is 4.86. The maximum atomic E-state index is 12.1. The van der Waals surface area contributed by atoms with E-state index < -0.39 is 0 Å². The number of anilines is 1. The van der Waals surface area contributed by atoms with E-state index in [1.807, 2.05) is 54.6 Å². The molecule has 29 heavy (non-hydrogen) atoms. The summed E-state index contributed by atoms with van der Waals surface area (Å²) in [5.74, 6) is 0.360. The Balaban J connectivity index is 1.41. The van der Waals surface area contributed by atoms with Gasteiger partial charge in [0.25, 0.3) is 0 Å². The predicted octanol–water partition coefficient (Wildman–Crippen LogP) is 6.38. The van der Waals surface area contributed by atoms with Crippen LogP contribution in [-0.2, 0) is 11.2 Å². The molecule has 1 heterocycles. The third-order valence-corrected chi connectivity index (χ3v) is 4.76. The van der Waals surface area contributed by atoms with Crippen molar-refractivity contribution in [1.29, 1.82) is 0 Å². The number of carbonyl (C=O) groups excluding carboxylic acids is 1. The van der Waals surface area contributed by atoms with Crippen molar-refractivity contribution in [2.45, 2.75) is 6.42 Å². The topological polar surface area (TPSA) is 55.1 Å². The number of aromatic nitrogens is 1. The number of halogens is 2. The third-order valence-electron chi connectivity index (χ3n) is 4.26. The first-order valence-electron chi connectivity index (χ1n) is 8.94. The van der Waals surface area contributed by atoms with E-state index >= 15 is 0 Å². The number of rotatable bonds is 5. The number of amides is 1. The molecule has 0 unspecified atom stereocenters. The molecule has 0 aliphatic heterocycles. The molecule has 0 atom stereocenters. The molecule has 4 nitrogen and oxygen atoms in total. The van der Waals surface area contributed by atoms with Crippen LogP contribution >= 0.6 is 23.2 Å². The largest absolute Gasteiger partial charge is 0.439 e. The highest BCUT2D eigenvalue weighted by Gasteiger charge is 2.11. The van der Waals surface area contributed by atoms with Gasteiger partial charge in [-0.3, -0.25) is 4.79 Å². The van der Waals surface area contributed by atoms with Crippen LogP contribution in [0.25, 0.3) is 17.2 Å². The molecule has 0 aliphatic carbocycles. The fraction of sp³-hybridized carbons (Fsp3) is 0.0435. The van der Waals surface area contributed by atoms with E-state index in [0.717, 1.165) is 11.1 Å². The Hall–Kier alpha value is -3.08. The number of oxazole rings is 1. The van der Waals surface area contributed by atoms with Gasteiger partial charge in [-0.25, -0.2) is 4.98 Å². The van der Waals surface area contributed by atoms with E-state index in [0.29, 0.717) is 39.1 Å². The minimum absolute atomic E-state index is 0.188. The van der Waals surface area contributed by atoms with E-state index in [1.165, 1.54) is 6.08 Å². The van der Waals surface area contributed by atoms with Crippen LogP contribution in [0.1, 0.15) is 17.0 Å². The van der Waals surface area contributed by atoms with Crippen LogP contribution in [0.2, 0.25) is 10.0 Å². The van der Waals surface area contributed by atoms with Crippen LogP contribution in [0, 0.1) is 0 Å². The van der Waals surface area contributed by atoms with Crippen LogP contribution < -0.4 is 5.32 Å². The maximum absolute atomic E-state index is 12.1. The molecule has 144 valence electrons. The molecule has 0 fully saturated rings. The standard InChI is InChI=1S/C23H16Cl2N2O2/c24-17-13-19(25)23-20(14-17)27-22(29-23)12-16-6-9-18(10-7-16)26-21(28)11-8-15-4-2-1-3-5-15/h1-11,13-14H,12H2,(H,26,28)/b11-8+. The highest BCUT2D eigenvalue weighted by atomic mass is 35.5. The molecule has 0 bridgehead atoms. The number of nitrogens with one attached hydrogen (secondary N) is 1. The minimum atomic E-state index is -0.188. The number of hydrogen-bond acceptors (Lipinski definition) is 3. The molecule has 0 aliphatic rings. The van der Waals surface area contributed by atoms with Gasteiger partial charge >= 0.3 is 0 Å². The van der Waals surface area contributed by atoms with Gasteiger partial charge in [0.2, 0.25) is 5.91 Å². The fourth-order valence-corrected chi connectivity index (χ4v) is 3.40. The van der Waals surface area contributed by atoms with Crippen LogP contribution in [0.15, 0.2) is 77.2 Å². The lowest BCUT2D eigenvalue weighted by molar-refractivity contribution is -0.111. The fourth-order valence-electron chi connectivity index (χ4n) is 2.88. The second kappa shape index (κ2) is 8.52. The molecule has 6 heteroatoms. The molecule has 3 aromatic carbocycles. The zero-order chi connectivity index (χ0) is 20.2. The van der Waals surface area contributed by atoms with Crippen molar-refractivity contribution in [3.63, 3.8) is 0 Å². The minimum Gasteiger partial charge on any atom is -0.439 e. The summed E-state index contributed by atoms with van der Waals surface area (Å²) < 4.78 is 5.75. The SMILES string of the molecule is O=C(/C=C/c1ccccc1)Nc1ccc(Cc2nc3cc(Cl)cc(Cl)c3o2)cc1. The summed E-state index contributed by atoms with van der Waals surface area (Å²) in [6.45, 7) is 0. The number of carbonyl (C=O) groups is 1. The van der Waals surface area contributed by atoms with E-state index in [2.05, 4.69) is 10.3 Å². The van der Waals surface area contributed by atoms with E-state index in [-0.39, 0.29) is 5.91 Å². The van der Waals surface area contributed by atoms with Crippen LogP contribution in [0.3, 0.4) is 0 Å². The van der Waals surface area contributed by atoms with Crippen molar-refractivity contribution in [2.24, 2.45) is 0 Å². The van der Waals surface area contributed by atoms with Crippen LogP contribution in [0.5, 0.6) is 0 Å². The van der Waals surface area contributed by atoms with Gasteiger partial charge in [0.05, 0.1) is 5.02 Å². The monoisotopic (exact) mass is 422 g/mol. The quantitative estimate of drug-likeness (QED) is 0.379. The lowest BCUT2D eigenvalue weighted by atomic mass is 10.1. The highest BCUT2D eigenvalue weighted by molar-refractivity contribution is 6.37. The number of nitrogens with zero attached hydrogens (tertiary/aromatic N) is 1. The summed E-state index contributed by atoms with van der Waals surface area (Å²) >= 11 is 12.2. The molecule has 4 rings (SSSR count). The van der Waals surface area contributed by atoms with Crippen molar-refractivity contribution in [1.82, 2.24) is 4.98 Å². The van der Waals surface area contributed by atoms with Crippen molar-refractivity contribution in [3.05, 3.63) is 99.9 Å². The second-order valence-electron chi connectivity index (χ2n) is 6.45. The molecular weight excluding hydrogens is 407 g/mol. The molecule has 1 amide bonds. The average Bonchev–Trinajstić information content (AvgIpc) is 3.11. The van der Waals surface area contributed by atoms with Crippen molar-refractivity contribution in [2.75, 3.05) is 5.32 Å². The Bertz CT molecular complexity index is 1180. The van der Waals surface area contributed by atoms with Gasteiger partial charge in [-0.15, -0.1) is 0 Å². The second-order valence-corrected chi connectivity index (χ2v) is 7.29. The number of fused-ring (bicyclic) bond motifs is 1. The summed E-state index contributed by atoms with van der Waals surface area (Å²) in [6.07, 6.45) is 3.79. The van der Waals surface area contributed by atoms with Crippen LogP contribution in [0.4, 0.5) is 5.69 Å². The zero-order valence-electron chi connectivity index (χ0n) is 15.2. The summed E-state index contributed by atoms with van der Waals surface area (Å²) in [5.41, 5.74) is 3.84. The highest BCUT2D eigenvalue weighted by Crippen LogP contribution is 2.29. The number of hydrogen-bond donors (Lipinski definition) is 1. The van der Waals surface area contributed by atoms with Gasteiger partial charge in [-0.1, -0.05) is 65.7 Å². The first kappa shape index (κ1) is 19.2. The lowest BCUT2D eigenvalue weighted by Gasteiger charge is -2.03. The van der Waals surface area contributed by atoms with Crippen molar-refractivity contribution >= 4 is 52.0 Å². The van der Waals surface area contributed by atoms with Gasteiger partial charge in [-0.2, -0.15) is 0 Å². The Morgan fingerprint density at radius 2 is 1.79 bits per heavy atom. The molecule has 0 saturated heterocycles. The molecule has 1 N–H and O–H groups in total. The molecule has 1 aromatic heterocycles. The average molecular weight is 423 g/mol. The molecule has 4 aromatic rings. The first-order chi connectivity index (χ1) is 14.1. The van der Waals surface area contributed by atoms with E-state index in [1.54, 1.807) is 18.2 Å². The molecule has 0 radical (unpaired) electrons. The Morgan fingerprint density at radius 3 is 2.55 bits per heavy atom. The predicted molar refractivity (Wildman–Crippen MR) is 117 cm³/mol. The molecular formula is C23H16Cl2N2O2. The maximum Gasteiger partial charge on any atom is 0.248 e. The lowest BCUT2D eigenvalue weighted by Crippen LogP contribution is -2.07. The Morgan fingerprint density at radius 1 is 1.03 bits per heavy atom. The van der Waals surface area contributed by atoms with Gasteiger partial charge in [0.1, 0.15) is 5.52 Å². The normalized spacial score (nSPS) is 11.2. The van der Waals surface area contributed by atoms with E-state index in [4.69, 9.17) is 27.6 Å². The Kier molecular flexibility index (Phi) is 5.65. The summed E-state index contributed by atoms with van der Waals surface area (Å²) in [5, 5.41) is 3.80.